The number of hydrogen-bond acceptors (Lipinski definition) is 4. The van der Waals surface area contributed by atoms with Crippen LogP contribution in [0.3, 0.4) is 0 Å². The molecule has 1 heterocycles. The Morgan fingerprint density at radius 3 is 2.82 bits per heavy atom. The quantitative estimate of drug-likeness (QED) is 0.574. The van der Waals surface area contributed by atoms with Gasteiger partial charge in [0.2, 0.25) is 5.91 Å². The lowest BCUT2D eigenvalue weighted by Crippen LogP contribution is -2.47. The summed E-state index contributed by atoms with van der Waals surface area (Å²) >= 11 is 0. The fraction of sp³-hybridized carbons (Fsp3) is 0.765. The summed E-state index contributed by atoms with van der Waals surface area (Å²) in [5, 5.41) is 0. The first-order chi connectivity index (χ1) is 10.6. The molecule has 0 N–H and O–H groups in total. The highest BCUT2D eigenvalue weighted by molar-refractivity contribution is 5.80. The Bertz CT molecular complexity index is 422. The van der Waals surface area contributed by atoms with E-state index in [0.717, 1.165) is 32.2 Å². The number of esters is 1. The van der Waals surface area contributed by atoms with E-state index < -0.39 is 0 Å². The predicted octanol–water partition coefficient (Wildman–Crippen LogP) is 1.83. The molecule has 0 aromatic carbocycles. The Hall–Kier alpha value is -1.36. The molecule has 0 radical (unpaired) electrons. The van der Waals surface area contributed by atoms with Gasteiger partial charge in [-0.1, -0.05) is 12.2 Å². The standard InChI is InChI=1S/C17H28N2O3/c1-3-22-17(21)14-8-7-11-19(12-14)16(20)13-18(2)15-9-5-4-6-10-15/h5,9,14-15H,3-4,6-8,10-13H2,1-2H3/t14-,15-/m0/s1. The smallest absolute Gasteiger partial charge is 0.310 e. The number of carbonyl (C=O) groups is 2. The van der Waals surface area contributed by atoms with Crippen LogP contribution in [0.15, 0.2) is 12.2 Å². The SMILES string of the molecule is CCOC(=O)[C@H]1CCCN(C(=O)CN(C)[C@H]2C=CCCC2)C1. The predicted molar refractivity (Wildman–Crippen MR) is 85.3 cm³/mol. The van der Waals surface area contributed by atoms with Gasteiger partial charge in [-0.2, -0.15) is 0 Å². The minimum atomic E-state index is -0.163. The van der Waals surface area contributed by atoms with Crippen molar-refractivity contribution in [3.8, 4) is 0 Å². The molecule has 0 saturated carbocycles. The third kappa shape index (κ3) is 4.57. The van der Waals surface area contributed by atoms with Crippen molar-refractivity contribution in [3.63, 3.8) is 0 Å². The van der Waals surface area contributed by atoms with Gasteiger partial charge in [-0.05, 0) is 46.1 Å². The van der Waals surface area contributed by atoms with E-state index in [1.54, 1.807) is 0 Å². The first-order valence-electron chi connectivity index (χ1n) is 8.43. The Kier molecular flexibility index (Phi) is 6.43. The molecule has 5 nitrogen and oxygen atoms in total. The Balaban J connectivity index is 1.84. The van der Waals surface area contributed by atoms with Gasteiger partial charge in [-0.15, -0.1) is 0 Å². The first kappa shape index (κ1) is 17.0. The molecule has 2 rings (SSSR count). The van der Waals surface area contributed by atoms with Crippen molar-refractivity contribution in [1.82, 2.24) is 9.80 Å². The maximum absolute atomic E-state index is 12.5. The van der Waals surface area contributed by atoms with E-state index in [9.17, 15) is 9.59 Å². The van der Waals surface area contributed by atoms with Gasteiger partial charge in [0.15, 0.2) is 0 Å². The van der Waals surface area contributed by atoms with Gasteiger partial charge in [-0.25, -0.2) is 0 Å². The molecule has 5 heteroatoms. The van der Waals surface area contributed by atoms with Crippen molar-refractivity contribution in [3.05, 3.63) is 12.2 Å². The van der Waals surface area contributed by atoms with E-state index in [4.69, 9.17) is 4.74 Å². The summed E-state index contributed by atoms with van der Waals surface area (Å²) < 4.78 is 5.09. The van der Waals surface area contributed by atoms with E-state index in [-0.39, 0.29) is 17.8 Å². The van der Waals surface area contributed by atoms with Crippen LogP contribution in [0.4, 0.5) is 0 Å². The summed E-state index contributed by atoms with van der Waals surface area (Å²) in [5.74, 6) is -0.198. The van der Waals surface area contributed by atoms with Crippen LogP contribution in [0.2, 0.25) is 0 Å². The lowest BCUT2D eigenvalue weighted by atomic mass is 9.98. The minimum absolute atomic E-state index is 0.121. The van der Waals surface area contributed by atoms with Gasteiger partial charge >= 0.3 is 5.97 Å². The minimum Gasteiger partial charge on any atom is -0.466 e. The molecule has 2 atom stereocenters. The second kappa shape index (κ2) is 8.32. The number of likely N-dealkylation sites (N-methyl/N-ethyl adjacent to an activating group) is 1. The number of likely N-dealkylation sites (tertiary alicyclic amines) is 1. The monoisotopic (exact) mass is 308 g/mol. The highest BCUT2D eigenvalue weighted by atomic mass is 16.5. The molecule has 0 aromatic heterocycles. The van der Waals surface area contributed by atoms with Crippen LogP contribution in [0, 0.1) is 5.92 Å². The average Bonchev–Trinajstić information content (AvgIpc) is 2.56. The molecule has 22 heavy (non-hydrogen) atoms. The molecule has 2 aliphatic rings. The van der Waals surface area contributed by atoms with Crippen molar-refractivity contribution in [2.24, 2.45) is 5.92 Å². The molecule has 1 fully saturated rings. The average molecular weight is 308 g/mol. The second-order valence-corrected chi connectivity index (χ2v) is 6.27. The molecule has 1 aliphatic heterocycles. The summed E-state index contributed by atoms with van der Waals surface area (Å²) in [5.41, 5.74) is 0. The van der Waals surface area contributed by atoms with E-state index in [0.29, 0.717) is 25.7 Å². The molecular weight excluding hydrogens is 280 g/mol. The molecule has 124 valence electrons. The summed E-state index contributed by atoms with van der Waals surface area (Å²) in [6.07, 6.45) is 9.55. The summed E-state index contributed by atoms with van der Waals surface area (Å²) in [6.45, 7) is 3.90. The van der Waals surface area contributed by atoms with Crippen molar-refractivity contribution >= 4 is 11.9 Å². The zero-order valence-electron chi connectivity index (χ0n) is 13.8. The second-order valence-electron chi connectivity index (χ2n) is 6.27. The van der Waals surface area contributed by atoms with Crippen LogP contribution in [-0.2, 0) is 14.3 Å². The molecule has 0 aromatic rings. The molecular formula is C17H28N2O3. The van der Waals surface area contributed by atoms with Crippen LogP contribution < -0.4 is 0 Å². The van der Waals surface area contributed by atoms with Gasteiger partial charge in [0.1, 0.15) is 0 Å². The highest BCUT2D eigenvalue weighted by Gasteiger charge is 2.30. The van der Waals surface area contributed by atoms with Crippen molar-refractivity contribution in [2.75, 3.05) is 33.3 Å². The fourth-order valence-electron chi connectivity index (χ4n) is 3.25. The molecule has 1 amide bonds. The molecule has 0 bridgehead atoms. The third-order valence-electron chi connectivity index (χ3n) is 4.57. The zero-order valence-corrected chi connectivity index (χ0v) is 13.8. The Morgan fingerprint density at radius 1 is 1.32 bits per heavy atom. The van der Waals surface area contributed by atoms with E-state index in [1.807, 2.05) is 18.9 Å². The molecule has 0 spiro atoms. The molecule has 1 aliphatic carbocycles. The van der Waals surface area contributed by atoms with Crippen LogP contribution >= 0.6 is 0 Å². The summed E-state index contributed by atoms with van der Waals surface area (Å²) in [6, 6.07) is 0.364. The maximum atomic E-state index is 12.5. The summed E-state index contributed by atoms with van der Waals surface area (Å²) in [7, 11) is 2.00. The number of hydrogen-bond donors (Lipinski definition) is 0. The largest absolute Gasteiger partial charge is 0.466 e. The van der Waals surface area contributed by atoms with Gasteiger partial charge in [-0.3, -0.25) is 14.5 Å². The zero-order chi connectivity index (χ0) is 15.9. The number of ether oxygens (including phenoxy) is 1. The van der Waals surface area contributed by atoms with E-state index >= 15 is 0 Å². The highest BCUT2D eigenvalue weighted by Crippen LogP contribution is 2.19. The van der Waals surface area contributed by atoms with Crippen LogP contribution in [-0.4, -0.2) is 61.0 Å². The van der Waals surface area contributed by atoms with Crippen LogP contribution in [0.25, 0.3) is 0 Å². The summed E-state index contributed by atoms with van der Waals surface area (Å²) in [4.78, 5) is 28.3. The Labute approximate surface area is 133 Å². The van der Waals surface area contributed by atoms with Crippen molar-refractivity contribution < 1.29 is 14.3 Å². The maximum Gasteiger partial charge on any atom is 0.310 e. The Morgan fingerprint density at radius 2 is 2.14 bits per heavy atom. The van der Waals surface area contributed by atoms with Gasteiger partial charge < -0.3 is 9.64 Å². The lowest BCUT2D eigenvalue weighted by molar-refractivity contribution is -0.151. The van der Waals surface area contributed by atoms with Gasteiger partial charge in [0, 0.05) is 19.1 Å². The number of rotatable bonds is 5. The molecule has 0 unspecified atom stereocenters. The van der Waals surface area contributed by atoms with Crippen molar-refractivity contribution in [1.29, 1.82) is 0 Å². The lowest BCUT2D eigenvalue weighted by Gasteiger charge is -2.34. The number of carbonyl (C=O) groups excluding carboxylic acids is 2. The van der Waals surface area contributed by atoms with E-state index in [2.05, 4.69) is 17.1 Å². The van der Waals surface area contributed by atoms with Crippen LogP contribution in [0.5, 0.6) is 0 Å². The van der Waals surface area contributed by atoms with Crippen molar-refractivity contribution in [2.45, 2.75) is 45.1 Å². The molecule has 1 saturated heterocycles. The number of allylic oxidation sites excluding steroid dienone is 1. The number of piperidine rings is 1. The number of amides is 1. The topological polar surface area (TPSA) is 49.9 Å². The van der Waals surface area contributed by atoms with Gasteiger partial charge in [0.05, 0.1) is 19.1 Å². The normalized spacial score (nSPS) is 25.3. The first-order valence-corrected chi connectivity index (χ1v) is 8.43. The number of nitrogens with zero attached hydrogens (tertiary/aromatic N) is 2. The third-order valence-corrected chi connectivity index (χ3v) is 4.57. The van der Waals surface area contributed by atoms with Crippen LogP contribution in [0.1, 0.15) is 39.0 Å². The fourth-order valence-corrected chi connectivity index (χ4v) is 3.25. The van der Waals surface area contributed by atoms with E-state index in [1.165, 1.54) is 6.42 Å². The van der Waals surface area contributed by atoms with Gasteiger partial charge in [0.25, 0.3) is 0 Å².